The number of unbranched alkanes of at least 4 members (excludes halogenated alkanes) is 3. The average molecular weight is 559 g/mol. The molecule has 1 saturated heterocycles. The molecule has 222 valence electrons. The van der Waals surface area contributed by atoms with Crippen LogP contribution in [0.25, 0.3) is 0 Å². The van der Waals surface area contributed by atoms with Crippen LogP contribution in [-0.4, -0.2) is 72.0 Å². The second-order valence-corrected chi connectivity index (χ2v) is 13.5. The van der Waals surface area contributed by atoms with Gasteiger partial charge in [-0.15, -0.1) is 6.58 Å². The van der Waals surface area contributed by atoms with Crippen LogP contribution in [0.4, 0.5) is 0 Å². The molecule has 0 amide bonds. The minimum atomic E-state index is -0.805. The molecule has 2 fully saturated rings. The SMILES string of the molecule is C=CCN1CC[C@]23c4c5ccc(OC)c4O[C@H]2[C@H](N(CCCCCCc2ccccc2)CC(C)C)CC[C@@]3(O)[C@H]1C5. The van der Waals surface area contributed by atoms with Gasteiger partial charge in [-0.3, -0.25) is 9.80 Å². The van der Waals surface area contributed by atoms with Gasteiger partial charge in [-0.05, 0) is 81.1 Å². The minimum absolute atomic E-state index is 0.0585. The van der Waals surface area contributed by atoms with Crippen LogP contribution in [0, 0.1) is 5.92 Å². The number of hydrogen-bond donors (Lipinski definition) is 1. The number of likely N-dealkylation sites (tertiary alicyclic amines) is 1. The molecule has 0 aromatic heterocycles. The lowest BCUT2D eigenvalue weighted by Gasteiger charge is -2.65. The maximum absolute atomic E-state index is 12.8. The third-order valence-corrected chi connectivity index (χ3v) is 10.7. The Morgan fingerprint density at radius 2 is 1.93 bits per heavy atom. The van der Waals surface area contributed by atoms with Crippen molar-refractivity contribution >= 4 is 0 Å². The van der Waals surface area contributed by atoms with E-state index in [1.54, 1.807) is 7.11 Å². The molecule has 0 unspecified atom stereocenters. The van der Waals surface area contributed by atoms with Gasteiger partial charge in [-0.2, -0.15) is 0 Å². The third-order valence-electron chi connectivity index (χ3n) is 10.7. The molecule has 0 radical (unpaired) electrons. The van der Waals surface area contributed by atoms with Crippen LogP contribution in [-0.2, 0) is 18.3 Å². The number of aliphatic hydroxyl groups is 1. The van der Waals surface area contributed by atoms with Crippen molar-refractivity contribution in [2.45, 2.75) is 101 Å². The summed E-state index contributed by atoms with van der Waals surface area (Å²) >= 11 is 0. The summed E-state index contributed by atoms with van der Waals surface area (Å²) in [5.41, 5.74) is 2.84. The van der Waals surface area contributed by atoms with Gasteiger partial charge in [0.1, 0.15) is 6.10 Å². The van der Waals surface area contributed by atoms with Gasteiger partial charge >= 0.3 is 0 Å². The molecule has 2 aromatic rings. The van der Waals surface area contributed by atoms with Crippen molar-refractivity contribution in [2.75, 3.05) is 33.3 Å². The van der Waals surface area contributed by atoms with E-state index < -0.39 is 5.60 Å². The number of hydrogen-bond acceptors (Lipinski definition) is 5. The zero-order chi connectivity index (χ0) is 28.6. The molecule has 1 spiro atoms. The molecule has 2 heterocycles. The van der Waals surface area contributed by atoms with Crippen LogP contribution in [0.15, 0.2) is 55.1 Å². The Bertz CT molecular complexity index is 1210. The average Bonchev–Trinajstić information content (AvgIpc) is 3.32. The summed E-state index contributed by atoms with van der Waals surface area (Å²) in [6.45, 7) is 12.6. The Balaban J connectivity index is 1.24. The molecule has 41 heavy (non-hydrogen) atoms. The first-order valence-corrected chi connectivity index (χ1v) is 16.1. The number of benzene rings is 2. The predicted molar refractivity (Wildman–Crippen MR) is 166 cm³/mol. The first kappa shape index (κ1) is 28.8. The lowest BCUT2D eigenvalue weighted by molar-refractivity contribution is -0.199. The number of rotatable bonds is 13. The van der Waals surface area contributed by atoms with Crippen molar-refractivity contribution in [3.63, 3.8) is 0 Å². The van der Waals surface area contributed by atoms with Gasteiger partial charge in [0.15, 0.2) is 11.5 Å². The molecule has 6 rings (SSSR count). The van der Waals surface area contributed by atoms with E-state index in [-0.39, 0.29) is 23.6 Å². The molecule has 2 aliphatic carbocycles. The number of nitrogens with zero attached hydrogens (tertiary/aromatic N) is 2. The van der Waals surface area contributed by atoms with Crippen LogP contribution >= 0.6 is 0 Å². The lowest BCUT2D eigenvalue weighted by Crippen LogP contribution is -2.78. The van der Waals surface area contributed by atoms with Crippen LogP contribution in [0.3, 0.4) is 0 Å². The van der Waals surface area contributed by atoms with E-state index in [4.69, 9.17) is 9.47 Å². The van der Waals surface area contributed by atoms with E-state index in [0.29, 0.717) is 5.92 Å². The van der Waals surface area contributed by atoms with Gasteiger partial charge in [-0.1, -0.05) is 69.2 Å². The molecular formula is C36H50N2O3. The van der Waals surface area contributed by atoms with Crippen LogP contribution in [0.1, 0.15) is 75.5 Å². The molecule has 5 nitrogen and oxygen atoms in total. The fourth-order valence-electron chi connectivity index (χ4n) is 9.02. The molecular weight excluding hydrogens is 508 g/mol. The van der Waals surface area contributed by atoms with Gasteiger partial charge in [-0.25, -0.2) is 0 Å². The van der Waals surface area contributed by atoms with Gasteiger partial charge in [0.05, 0.1) is 18.1 Å². The molecule has 1 saturated carbocycles. The number of ether oxygens (including phenoxy) is 2. The maximum Gasteiger partial charge on any atom is 0.165 e. The Morgan fingerprint density at radius 1 is 1.12 bits per heavy atom. The Hall–Kier alpha value is -2.34. The summed E-state index contributed by atoms with van der Waals surface area (Å²) in [6, 6.07) is 15.6. The van der Waals surface area contributed by atoms with E-state index >= 15 is 0 Å². The third kappa shape index (κ3) is 4.82. The highest BCUT2D eigenvalue weighted by Crippen LogP contribution is 2.66. The molecule has 2 bridgehead atoms. The van der Waals surface area contributed by atoms with Crippen molar-refractivity contribution < 1.29 is 14.6 Å². The van der Waals surface area contributed by atoms with E-state index in [9.17, 15) is 5.11 Å². The van der Waals surface area contributed by atoms with E-state index in [1.165, 1.54) is 48.8 Å². The van der Waals surface area contributed by atoms with Crippen LogP contribution in [0.5, 0.6) is 11.5 Å². The van der Waals surface area contributed by atoms with Crippen molar-refractivity contribution in [3.05, 3.63) is 71.8 Å². The largest absolute Gasteiger partial charge is 0.493 e. The second kappa shape index (κ2) is 11.7. The van der Waals surface area contributed by atoms with Crippen molar-refractivity contribution in [1.29, 1.82) is 0 Å². The normalized spacial score (nSPS) is 29.9. The summed E-state index contributed by atoms with van der Waals surface area (Å²) in [7, 11) is 1.74. The van der Waals surface area contributed by atoms with Crippen LogP contribution < -0.4 is 9.47 Å². The number of methoxy groups -OCH3 is 1. The first-order valence-electron chi connectivity index (χ1n) is 16.1. The van der Waals surface area contributed by atoms with Crippen molar-refractivity contribution in [3.8, 4) is 11.5 Å². The van der Waals surface area contributed by atoms with E-state index in [1.807, 2.05) is 6.08 Å². The monoisotopic (exact) mass is 558 g/mol. The van der Waals surface area contributed by atoms with Gasteiger partial charge in [0, 0.05) is 30.7 Å². The smallest absolute Gasteiger partial charge is 0.165 e. The molecule has 5 heteroatoms. The molecule has 5 atom stereocenters. The van der Waals surface area contributed by atoms with Gasteiger partial charge in [0.25, 0.3) is 0 Å². The minimum Gasteiger partial charge on any atom is -0.493 e. The standard InChI is InChI=1S/C36H50N2O3/c1-5-21-37-23-20-35-32-28-16-17-30(40-4)33(32)41-34(35)29(18-19-36(35,39)31(37)24-28)38(25-26(2)3)22-12-7-6-9-13-27-14-10-8-11-15-27/h5,8,10-11,14-17,26,29,31,34,39H,1,6-7,9,12-13,18-25H2,2-4H3/t29-,31-,34+,35+,36-/m1/s1. The lowest BCUT2D eigenvalue weighted by atomic mass is 9.48. The topological polar surface area (TPSA) is 45.2 Å². The Morgan fingerprint density at radius 3 is 2.68 bits per heavy atom. The first-order chi connectivity index (χ1) is 19.9. The summed E-state index contributed by atoms with van der Waals surface area (Å²) in [4.78, 5) is 5.21. The fraction of sp³-hybridized carbons (Fsp3) is 0.611. The Kier molecular flexibility index (Phi) is 8.24. The highest BCUT2D eigenvalue weighted by molar-refractivity contribution is 5.63. The summed E-state index contributed by atoms with van der Waals surface area (Å²) in [6.07, 6.45) is 11.6. The zero-order valence-electron chi connectivity index (χ0n) is 25.5. The number of piperidine rings is 1. The fourth-order valence-corrected chi connectivity index (χ4v) is 9.02. The molecule has 2 aromatic carbocycles. The summed E-state index contributed by atoms with van der Waals surface area (Å²) < 4.78 is 12.9. The molecule has 2 aliphatic heterocycles. The summed E-state index contributed by atoms with van der Waals surface area (Å²) in [5.74, 6) is 2.30. The van der Waals surface area contributed by atoms with Gasteiger partial charge in [0.2, 0.25) is 0 Å². The number of aryl methyl sites for hydroxylation is 1. The quantitative estimate of drug-likeness (QED) is 0.236. The molecule has 4 aliphatic rings. The highest BCUT2D eigenvalue weighted by atomic mass is 16.5. The highest BCUT2D eigenvalue weighted by Gasteiger charge is 2.73. The predicted octanol–water partition coefficient (Wildman–Crippen LogP) is 6.17. The maximum atomic E-state index is 12.8. The molecule has 1 N–H and O–H groups in total. The van der Waals surface area contributed by atoms with E-state index in [2.05, 4.69) is 72.7 Å². The van der Waals surface area contributed by atoms with Crippen LogP contribution in [0.2, 0.25) is 0 Å². The second-order valence-electron chi connectivity index (χ2n) is 13.5. The van der Waals surface area contributed by atoms with Crippen molar-refractivity contribution in [1.82, 2.24) is 9.80 Å². The Labute approximate surface area is 247 Å². The zero-order valence-corrected chi connectivity index (χ0v) is 25.5. The van der Waals surface area contributed by atoms with Crippen molar-refractivity contribution in [2.24, 2.45) is 5.92 Å². The van der Waals surface area contributed by atoms with E-state index in [0.717, 1.165) is 63.4 Å². The summed E-state index contributed by atoms with van der Waals surface area (Å²) in [5, 5.41) is 12.8. The van der Waals surface area contributed by atoms with Gasteiger partial charge < -0.3 is 14.6 Å².